The molecule has 0 amide bonds. The SMILES string of the molecule is CCOC(=O)c1nc(-c2ccnc(Cl)c2Cl)cnc1N1CCC2(CCC[C@H]2C)CC1. The number of pyridine rings is 1. The molecule has 1 spiro atoms. The number of aromatic nitrogens is 3. The minimum atomic E-state index is -0.479. The van der Waals surface area contributed by atoms with Gasteiger partial charge >= 0.3 is 5.97 Å². The Kier molecular flexibility index (Phi) is 6.16. The molecule has 6 nitrogen and oxygen atoms in total. The molecule has 4 rings (SSSR count). The fourth-order valence-electron chi connectivity index (χ4n) is 4.92. The lowest BCUT2D eigenvalue weighted by atomic mass is 9.71. The summed E-state index contributed by atoms with van der Waals surface area (Å²) < 4.78 is 5.28. The smallest absolute Gasteiger partial charge is 0.360 e. The van der Waals surface area contributed by atoms with E-state index in [-0.39, 0.29) is 22.5 Å². The van der Waals surface area contributed by atoms with Crippen LogP contribution in [0, 0.1) is 11.3 Å². The summed E-state index contributed by atoms with van der Waals surface area (Å²) in [6.45, 7) is 6.16. The molecule has 0 bridgehead atoms. The summed E-state index contributed by atoms with van der Waals surface area (Å²) in [5.74, 6) is 0.859. The number of carbonyl (C=O) groups is 1. The average Bonchev–Trinajstić information content (AvgIpc) is 3.10. The van der Waals surface area contributed by atoms with Gasteiger partial charge in [0, 0.05) is 24.8 Å². The number of nitrogens with zero attached hydrogens (tertiary/aromatic N) is 4. The van der Waals surface area contributed by atoms with Gasteiger partial charge in [-0.25, -0.2) is 19.7 Å². The number of carbonyl (C=O) groups excluding carboxylic acids is 1. The van der Waals surface area contributed by atoms with Gasteiger partial charge in [0.1, 0.15) is 5.15 Å². The first-order valence-corrected chi connectivity index (χ1v) is 11.3. The van der Waals surface area contributed by atoms with Crippen LogP contribution in [0.25, 0.3) is 11.3 Å². The molecule has 8 heteroatoms. The zero-order valence-corrected chi connectivity index (χ0v) is 18.8. The van der Waals surface area contributed by atoms with E-state index in [1.54, 1.807) is 25.4 Å². The van der Waals surface area contributed by atoms with Crippen molar-refractivity contribution in [1.29, 1.82) is 0 Å². The highest BCUT2D eigenvalue weighted by molar-refractivity contribution is 6.42. The first kappa shape index (κ1) is 21.3. The Balaban J connectivity index is 1.66. The molecule has 1 saturated heterocycles. The molecular formula is C22H26Cl2N4O2. The van der Waals surface area contributed by atoms with E-state index in [1.165, 1.54) is 19.3 Å². The van der Waals surface area contributed by atoms with E-state index in [1.807, 2.05) is 0 Å². The van der Waals surface area contributed by atoms with Crippen LogP contribution >= 0.6 is 23.2 Å². The van der Waals surface area contributed by atoms with Crippen LogP contribution in [0.1, 0.15) is 56.4 Å². The van der Waals surface area contributed by atoms with Crippen molar-refractivity contribution < 1.29 is 9.53 Å². The highest BCUT2D eigenvalue weighted by Crippen LogP contribution is 2.50. The van der Waals surface area contributed by atoms with Gasteiger partial charge in [-0.2, -0.15) is 0 Å². The largest absolute Gasteiger partial charge is 0.461 e. The van der Waals surface area contributed by atoms with E-state index in [4.69, 9.17) is 27.9 Å². The fourth-order valence-corrected chi connectivity index (χ4v) is 5.28. The predicted octanol–water partition coefficient (Wildman–Crippen LogP) is 5.43. The molecule has 0 unspecified atom stereocenters. The van der Waals surface area contributed by atoms with Crippen molar-refractivity contribution in [2.24, 2.45) is 11.3 Å². The lowest BCUT2D eigenvalue weighted by Crippen LogP contribution is -2.42. The number of ether oxygens (including phenoxy) is 1. The molecule has 1 saturated carbocycles. The van der Waals surface area contributed by atoms with Crippen LogP contribution < -0.4 is 4.90 Å². The molecule has 1 aliphatic carbocycles. The zero-order valence-electron chi connectivity index (χ0n) is 17.3. The van der Waals surface area contributed by atoms with Gasteiger partial charge in [0.05, 0.1) is 23.5 Å². The maximum atomic E-state index is 12.7. The summed E-state index contributed by atoms with van der Waals surface area (Å²) in [7, 11) is 0. The third kappa shape index (κ3) is 3.87. The van der Waals surface area contributed by atoms with Crippen LogP contribution in [0.3, 0.4) is 0 Å². The second kappa shape index (κ2) is 8.67. The maximum absolute atomic E-state index is 12.7. The van der Waals surface area contributed by atoms with Gasteiger partial charge in [-0.3, -0.25) is 0 Å². The lowest BCUT2D eigenvalue weighted by Gasteiger charge is -2.43. The van der Waals surface area contributed by atoms with Crippen LogP contribution in [0.4, 0.5) is 5.82 Å². The third-order valence-corrected chi connectivity index (χ3v) is 7.53. The van der Waals surface area contributed by atoms with Gasteiger partial charge in [-0.05, 0) is 43.6 Å². The van der Waals surface area contributed by atoms with Gasteiger partial charge in [0.15, 0.2) is 11.5 Å². The van der Waals surface area contributed by atoms with E-state index >= 15 is 0 Å². The highest BCUT2D eigenvalue weighted by atomic mass is 35.5. The Morgan fingerprint density at radius 2 is 2.03 bits per heavy atom. The number of hydrogen-bond donors (Lipinski definition) is 0. The van der Waals surface area contributed by atoms with Crippen LogP contribution in [0.5, 0.6) is 0 Å². The summed E-state index contributed by atoms with van der Waals surface area (Å²) >= 11 is 12.4. The van der Waals surface area contributed by atoms with Crippen LogP contribution in [-0.2, 0) is 4.74 Å². The van der Waals surface area contributed by atoms with Crippen LogP contribution in [0.2, 0.25) is 10.2 Å². The number of piperidine rings is 1. The van der Waals surface area contributed by atoms with Crippen LogP contribution in [-0.4, -0.2) is 40.6 Å². The van der Waals surface area contributed by atoms with Gasteiger partial charge in [0.2, 0.25) is 0 Å². The topological polar surface area (TPSA) is 68.2 Å². The minimum absolute atomic E-state index is 0.185. The van der Waals surface area contributed by atoms with Crippen molar-refractivity contribution in [3.8, 4) is 11.3 Å². The average molecular weight is 449 g/mol. The summed E-state index contributed by atoms with van der Waals surface area (Å²) in [4.78, 5) is 28.1. The molecule has 2 fully saturated rings. The van der Waals surface area contributed by atoms with Crippen molar-refractivity contribution in [3.05, 3.63) is 34.3 Å². The quantitative estimate of drug-likeness (QED) is 0.458. The maximum Gasteiger partial charge on any atom is 0.360 e. The molecule has 1 aliphatic heterocycles. The lowest BCUT2D eigenvalue weighted by molar-refractivity contribution is 0.0519. The highest BCUT2D eigenvalue weighted by Gasteiger charge is 2.43. The molecule has 0 N–H and O–H groups in total. The molecule has 0 radical (unpaired) electrons. The van der Waals surface area contributed by atoms with E-state index < -0.39 is 5.97 Å². The second-order valence-electron chi connectivity index (χ2n) is 8.25. The Morgan fingerprint density at radius 1 is 1.27 bits per heavy atom. The van der Waals surface area contributed by atoms with Gasteiger partial charge in [-0.15, -0.1) is 0 Å². The molecule has 160 valence electrons. The van der Waals surface area contributed by atoms with E-state index in [9.17, 15) is 4.79 Å². The summed E-state index contributed by atoms with van der Waals surface area (Å²) in [6.07, 6.45) is 9.36. The molecule has 0 aromatic carbocycles. The van der Waals surface area contributed by atoms with Crippen molar-refractivity contribution in [2.75, 3.05) is 24.6 Å². The molecular weight excluding hydrogens is 423 g/mol. The third-order valence-electron chi connectivity index (χ3n) is 6.76. The summed E-state index contributed by atoms with van der Waals surface area (Å²) in [6, 6.07) is 1.71. The van der Waals surface area contributed by atoms with Crippen molar-refractivity contribution in [1.82, 2.24) is 15.0 Å². The molecule has 1 atom stereocenters. The van der Waals surface area contributed by atoms with E-state index in [0.717, 1.165) is 31.8 Å². The van der Waals surface area contributed by atoms with Gasteiger partial charge < -0.3 is 9.64 Å². The number of hydrogen-bond acceptors (Lipinski definition) is 6. The Bertz CT molecular complexity index is 945. The van der Waals surface area contributed by atoms with E-state index in [0.29, 0.717) is 22.5 Å². The number of rotatable bonds is 4. The monoisotopic (exact) mass is 448 g/mol. The Morgan fingerprint density at radius 3 is 2.70 bits per heavy atom. The van der Waals surface area contributed by atoms with Crippen molar-refractivity contribution in [3.63, 3.8) is 0 Å². The standard InChI is InChI=1S/C22H26Cl2N4O2/c1-3-30-21(29)18-20(28-11-8-22(9-12-28)7-4-5-14(22)2)26-13-16(27-18)15-6-10-25-19(24)17(15)23/h6,10,13-14H,3-5,7-9,11-12H2,1-2H3/t14-/m1/s1. The Hall–Kier alpha value is -1.92. The molecule has 2 aliphatic rings. The molecule has 2 aromatic rings. The summed E-state index contributed by atoms with van der Waals surface area (Å²) in [5.41, 5.74) is 1.70. The molecule has 30 heavy (non-hydrogen) atoms. The minimum Gasteiger partial charge on any atom is -0.461 e. The normalized spacial score (nSPS) is 20.5. The predicted molar refractivity (Wildman–Crippen MR) is 118 cm³/mol. The first-order valence-electron chi connectivity index (χ1n) is 10.5. The first-order chi connectivity index (χ1) is 14.4. The number of halogens is 2. The second-order valence-corrected chi connectivity index (χ2v) is 8.99. The molecule has 2 aromatic heterocycles. The van der Waals surface area contributed by atoms with Crippen molar-refractivity contribution in [2.45, 2.75) is 46.0 Å². The van der Waals surface area contributed by atoms with Gasteiger partial charge in [0.25, 0.3) is 0 Å². The summed E-state index contributed by atoms with van der Waals surface area (Å²) in [5, 5.41) is 0.468. The molecule has 3 heterocycles. The van der Waals surface area contributed by atoms with Gasteiger partial charge in [-0.1, -0.05) is 43.0 Å². The number of esters is 1. The number of anilines is 1. The van der Waals surface area contributed by atoms with Crippen molar-refractivity contribution >= 4 is 35.0 Å². The van der Waals surface area contributed by atoms with Crippen LogP contribution in [0.15, 0.2) is 18.5 Å². The van der Waals surface area contributed by atoms with E-state index in [2.05, 4.69) is 26.8 Å². The fraction of sp³-hybridized carbons (Fsp3) is 0.545. The Labute approximate surface area is 187 Å². The zero-order chi connectivity index (χ0) is 21.3.